The van der Waals surface area contributed by atoms with E-state index in [2.05, 4.69) is 30.8 Å². The van der Waals surface area contributed by atoms with Crippen LogP contribution in [0.25, 0.3) is 0 Å². The summed E-state index contributed by atoms with van der Waals surface area (Å²) < 4.78 is 10.3. The second kappa shape index (κ2) is 10.1. The molecule has 11 nitrogen and oxygen atoms in total. The first-order valence-electron chi connectivity index (χ1n) is 10.6. The Kier molecular flexibility index (Phi) is 6.77. The molecule has 4 rings (SSSR count). The number of benzene rings is 1. The van der Waals surface area contributed by atoms with Crippen molar-refractivity contribution in [3.05, 3.63) is 48.1 Å². The maximum absolute atomic E-state index is 12.4. The van der Waals surface area contributed by atoms with Gasteiger partial charge in [0.1, 0.15) is 0 Å². The molecule has 0 spiro atoms. The number of nitrogens with zero attached hydrogens (tertiary/aromatic N) is 4. The third-order valence-corrected chi connectivity index (χ3v) is 5.63. The van der Waals surface area contributed by atoms with Crippen LogP contribution >= 0.6 is 0 Å². The van der Waals surface area contributed by atoms with Crippen LogP contribution in [-0.2, 0) is 4.79 Å². The van der Waals surface area contributed by atoms with Gasteiger partial charge in [0, 0.05) is 12.1 Å². The molecule has 1 amide bonds. The molecule has 3 N–H and O–H groups in total. The smallest absolute Gasteiger partial charge is 0.320 e. The van der Waals surface area contributed by atoms with E-state index in [0.717, 1.165) is 25.7 Å². The van der Waals surface area contributed by atoms with Gasteiger partial charge in [0.05, 0.1) is 25.2 Å². The van der Waals surface area contributed by atoms with E-state index >= 15 is 0 Å². The summed E-state index contributed by atoms with van der Waals surface area (Å²) in [7, 11) is 1.47. The molecule has 1 aliphatic carbocycles. The third kappa shape index (κ3) is 5.82. The number of carboxylic acids is 1. The van der Waals surface area contributed by atoms with Crippen LogP contribution in [0, 0.1) is 5.92 Å². The Hall–Kier alpha value is -4.02. The van der Waals surface area contributed by atoms with Crippen molar-refractivity contribution in [1.29, 1.82) is 0 Å². The Balaban J connectivity index is 1.30. The summed E-state index contributed by atoms with van der Waals surface area (Å²) in [6, 6.07) is 7.90. The van der Waals surface area contributed by atoms with Gasteiger partial charge in [-0.15, -0.1) is 5.10 Å². The molecular weight excluding hydrogens is 428 g/mol. The number of hydrogen-bond donors (Lipinski definition) is 3. The number of carboxylic acid groups (broad SMARTS) is 1. The lowest BCUT2D eigenvalue weighted by molar-refractivity contribution is -0.138. The Morgan fingerprint density at radius 3 is 2.39 bits per heavy atom. The standard InChI is InChI=1S/C22H24N6O5/c1-32-21-23-11-17(12-24-21)26-22-28-27-20(33-22)19(31)25-16-8-6-15(7-9-16)14-4-2-13(3-5-14)10-18(29)30/h6-9,11-14H,2-5,10H2,1H3,(H,25,31)(H,26,28)(H,29,30)/t13-,14-. The minimum Gasteiger partial charge on any atom is -0.481 e. The first kappa shape index (κ1) is 22.2. The summed E-state index contributed by atoms with van der Waals surface area (Å²) in [4.78, 5) is 31.3. The molecule has 0 radical (unpaired) electrons. The highest BCUT2D eigenvalue weighted by atomic mass is 16.5. The predicted molar refractivity (Wildman–Crippen MR) is 118 cm³/mol. The Labute approximate surface area is 189 Å². The van der Waals surface area contributed by atoms with Crippen molar-refractivity contribution in [2.75, 3.05) is 17.7 Å². The Bertz CT molecular complexity index is 1090. The maximum Gasteiger partial charge on any atom is 0.320 e. The highest BCUT2D eigenvalue weighted by molar-refractivity contribution is 6.00. The largest absolute Gasteiger partial charge is 0.481 e. The van der Waals surface area contributed by atoms with E-state index in [1.54, 1.807) is 0 Å². The molecule has 1 aromatic carbocycles. The van der Waals surface area contributed by atoms with Gasteiger partial charge < -0.3 is 24.9 Å². The number of carbonyl (C=O) groups is 2. The van der Waals surface area contributed by atoms with E-state index in [4.69, 9.17) is 14.3 Å². The van der Waals surface area contributed by atoms with Gasteiger partial charge >= 0.3 is 29.8 Å². The number of aliphatic carboxylic acids is 1. The topological polar surface area (TPSA) is 152 Å². The van der Waals surface area contributed by atoms with E-state index in [1.807, 2.05) is 24.3 Å². The van der Waals surface area contributed by atoms with Crippen LogP contribution in [0.2, 0.25) is 0 Å². The molecule has 0 saturated heterocycles. The van der Waals surface area contributed by atoms with Crippen molar-refractivity contribution < 1.29 is 23.8 Å². The number of aromatic nitrogens is 4. The summed E-state index contributed by atoms with van der Waals surface area (Å²) in [5.41, 5.74) is 2.30. The summed E-state index contributed by atoms with van der Waals surface area (Å²) in [5, 5.41) is 22.1. The number of methoxy groups -OCH3 is 1. The van der Waals surface area contributed by atoms with E-state index in [1.165, 1.54) is 25.1 Å². The van der Waals surface area contributed by atoms with Crippen LogP contribution in [-0.4, -0.2) is 44.3 Å². The van der Waals surface area contributed by atoms with Gasteiger partial charge in [-0.1, -0.05) is 17.2 Å². The van der Waals surface area contributed by atoms with Crippen LogP contribution in [0.4, 0.5) is 17.4 Å². The normalized spacial score (nSPS) is 17.8. The fraction of sp³-hybridized carbons (Fsp3) is 0.364. The molecule has 0 unspecified atom stereocenters. The molecule has 0 bridgehead atoms. The lowest BCUT2D eigenvalue weighted by Gasteiger charge is -2.28. The van der Waals surface area contributed by atoms with Gasteiger partial charge in [-0.25, -0.2) is 9.97 Å². The van der Waals surface area contributed by atoms with E-state index in [0.29, 0.717) is 17.3 Å². The molecular formula is C22H24N6O5. The quantitative estimate of drug-likeness (QED) is 0.462. The van der Waals surface area contributed by atoms with E-state index < -0.39 is 11.9 Å². The number of ether oxygens (including phenoxy) is 1. The minimum absolute atomic E-state index is 0.0303. The van der Waals surface area contributed by atoms with Gasteiger partial charge in [0.25, 0.3) is 0 Å². The van der Waals surface area contributed by atoms with E-state index in [9.17, 15) is 9.59 Å². The van der Waals surface area contributed by atoms with Crippen LogP contribution in [0.5, 0.6) is 6.01 Å². The first-order chi connectivity index (χ1) is 16.0. The molecule has 172 valence electrons. The van der Waals surface area contributed by atoms with Crippen LogP contribution < -0.4 is 15.4 Å². The zero-order valence-electron chi connectivity index (χ0n) is 18.0. The fourth-order valence-corrected chi connectivity index (χ4v) is 3.95. The SMILES string of the molecule is COc1ncc(Nc2nnc(C(=O)Nc3ccc([C@H]4CC[C@H](CC(=O)O)CC4)cc3)o2)cn1. The van der Waals surface area contributed by atoms with Crippen LogP contribution in [0.15, 0.2) is 41.1 Å². The number of amides is 1. The van der Waals surface area contributed by atoms with Crippen molar-refractivity contribution in [3.8, 4) is 6.01 Å². The first-order valence-corrected chi connectivity index (χ1v) is 10.6. The highest BCUT2D eigenvalue weighted by Crippen LogP contribution is 2.37. The molecule has 11 heteroatoms. The minimum atomic E-state index is -0.725. The summed E-state index contributed by atoms with van der Waals surface area (Å²) in [5.74, 6) is -0.761. The summed E-state index contributed by atoms with van der Waals surface area (Å²) >= 11 is 0. The fourth-order valence-electron chi connectivity index (χ4n) is 3.95. The van der Waals surface area contributed by atoms with Crippen molar-refractivity contribution >= 4 is 29.3 Å². The van der Waals surface area contributed by atoms with Crippen LogP contribution in [0.1, 0.15) is 54.3 Å². The number of rotatable bonds is 8. The molecule has 1 saturated carbocycles. The molecule has 2 aromatic heterocycles. The monoisotopic (exact) mass is 452 g/mol. The van der Waals surface area contributed by atoms with Gasteiger partial charge in [-0.3, -0.25) is 9.59 Å². The van der Waals surface area contributed by atoms with Gasteiger partial charge in [0.2, 0.25) is 0 Å². The van der Waals surface area contributed by atoms with Gasteiger partial charge in [-0.05, 0) is 55.2 Å². The zero-order valence-corrected chi connectivity index (χ0v) is 18.0. The maximum atomic E-state index is 12.4. The average molecular weight is 452 g/mol. The van der Waals surface area contributed by atoms with Crippen molar-refractivity contribution in [2.24, 2.45) is 5.92 Å². The molecule has 0 atom stereocenters. The molecule has 33 heavy (non-hydrogen) atoms. The number of hydrogen-bond acceptors (Lipinski definition) is 9. The van der Waals surface area contributed by atoms with Crippen molar-refractivity contribution in [2.45, 2.75) is 38.0 Å². The number of anilines is 3. The second-order valence-electron chi connectivity index (χ2n) is 7.89. The third-order valence-electron chi connectivity index (χ3n) is 5.63. The Morgan fingerprint density at radius 1 is 1.06 bits per heavy atom. The van der Waals surface area contributed by atoms with Crippen LogP contribution in [0.3, 0.4) is 0 Å². The van der Waals surface area contributed by atoms with Crippen molar-refractivity contribution in [3.63, 3.8) is 0 Å². The highest BCUT2D eigenvalue weighted by Gasteiger charge is 2.24. The number of nitrogens with one attached hydrogen (secondary N) is 2. The van der Waals surface area contributed by atoms with Gasteiger partial charge in [-0.2, -0.15) is 0 Å². The summed E-state index contributed by atoms with van der Waals surface area (Å²) in [6.07, 6.45) is 7.00. The number of carbonyl (C=O) groups excluding carboxylic acids is 1. The lowest BCUT2D eigenvalue weighted by Crippen LogP contribution is -2.16. The van der Waals surface area contributed by atoms with E-state index in [-0.39, 0.29) is 30.3 Å². The van der Waals surface area contributed by atoms with Gasteiger partial charge in [0.15, 0.2) is 0 Å². The molecule has 0 aliphatic heterocycles. The second-order valence-corrected chi connectivity index (χ2v) is 7.89. The zero-order chi connectivity index (χ0) is 23.2. The molecule has 1 fully saturated rings. The molecule has 1 aliphatic rings. The molecule has 3 aromatic rings. The lowest BCUT2D eigenvalue weighted by atomic mass is 9.77. The van der Waals surface area contributed by atoms with Crippen molar-refractivity contribution in [1.82, 2.24) is 20.2 Å². The predicted octanol–water partition coefficient (Wildman–Crippen LogP) is 3.61. The average Bonchev–Trinajstić information content (AvgIpc) is 3.29. The summed E-state index contributed by atoms with van der Waals surface area (Å²) in [6.45, 7) is 0. The Morgan fingerprint density at radius 2 is 1.76 bits per heavy atom. The molecule has 2 heterocycles.